The van der Waals surface area contributed by atoms with Gasteiger partial charge in [0.15, 0.2) is 5.13 Å². The first kappa shape index (κ1) is 9.89. The van der Waals surface area contributed by atoms with Crippen LogP contribution in [-0.4, -0.2) is 23.3 Å². The van der Waals surface area contributed by atoms with E-state index in [0.29, 0.717) is 24.8 Å². The Hall–Kier alpha value is -0.650. The Morgan fingerprint density at radius 2 is 2.57 bits per heavy atom. The number of nitrogens with zero attached hydrogens (tertiary/aromatic N) is 1. The number of anilines is 1. The number of hydrogen-bond donors (Lipinski definition) is 2. The van der Waals surface area contributed by atoms with Crippen LogP contribution in [0.15, 0.2) is 6.20 Å². The number of nitrogens with two attached hydrogens (primary N) is 1. The van der Waals surface area contributed by atoms with Gasteiger partial charge in [-0.25, -0.2) is 4.98 Å². The van der Waals surface area contributed by atoms with Crippen molar-refractivity contribution in [1.82, 2.24) is 4.98 Å². The van der Waals surface area contributed by atoms with E-state index in [1.807, 2.05) is 6.92 Å². The Morgan fingerprint density at radius 1 is 1.79 bits per heavy atom. The maximum atomic E-state index is 10.5. The van der Waals surface area contributed by atoms with Gasteiger partial charge < -0.3 is 15.6 Å². The second kappa shape index (κ2) is 3.49. The molecule has 0 radical (unpaired) electrons. The first-order valence-corrected chi connectivity index (χ1v) is 5.46. The summed E-state index contributed by atoms with van der Waals surface area (Å²) in [6.45, 7) is 3.17. The Labute approximate surface area is 86.7 Å². The van der Waals surface area contributed by atoms with Crippen molar-refractivity contribution in [2.45, 2.75) is 18.9 Å². The first-order chi connectivity index (χ1) is 6.63. The van der Waals surface area contributed by atoms with Gasteiger partial charge in [-0.3, -0.25) is 0 Å². The van der Waals surface area contributed by atoms with Crippen LogP contribution in [0, 0.1) is 5.92 Å². The van der Waals surface area contributed by atoms with E-state index in [1.165, 1.54) is 11.3 Å². The summed E-state index contributed by atoms with van der Waals surface area (Å²) in [5, 5.41) is 11.0. The first-order valence-electron chi connectivity index (χ1n) is 4.65. The lowest BCUT2D eigenvalue weighted by Crippen LogP contribution is -2.40. The van der Waals surface area contributed by atoms with Crippen molar-refractivity contribution in [3.05, 3.63) is 11.1 Å². The van der Waals surface area contributed by atoms with Gasteiger partial charge in [0.1, 0.15) is 5.60 Å². The van der Waals surface area contributed by atoms with E-state index in [9.17, 15) is 5.11 Å². The number of rotatable bonds is 1. The predicted molar refractivity (Wildman–Crippen MR) is 55.0 cm³/mol. The molecule has 5 heteroatoms. The molecular weight excluding hydrogens is 200 g/mol. The van der Waals surface area contributed by atoms with Gasteiger partial charge in [-0.05, 0) is 0 Å². The maximum Gasteiger partial charge on any atom is 0.180 e. The fourth-order valence-electron chi connectivity index (χ4n) is 1.73. The van der Waals surface area contributed by atoms with Gasteiger partial charge in [0.05, 0.1) is 11.5 Å². The molecule has 0 saturated carbocycles. The molecule has 3 N–H and O–H groups in total. The van der Waals surface area contributed by atoms with Crippen LogP contribution < -0.4 is 5.73 Å². The molecule has 2 atom stereocenters. The van der Waals surface area contributed by atoms with Gasteiger partial charge in [0.25, 0.3) is 0 Å². The molecule has 1 aromatic heterocycles. The summed E-state index contributed by atoms with van der Waals surface area (Å²) in [5.41, 5.74) is 4.76. The van der Waals surface area contributed by atoms with E-state index in [0.717, 1.165) is 4.88 Å². The van der Waals surface area contributed by atoms with Crippen LogP contribution in [0.2, 0.25) is 0 Å². The summed E-state index contributed by atoms with van der Waals surface area (Å²) in [6.07, 6.45) is 2.29. The van der Waals surface area contributed by atoms with Crippen molar-refractivity contribution in [3.63, 3.8) is 0 Å². The normalized spacial score (nSPS) is 33.1. The number of hydrogen-bond acceptors (Lipinski definition) is 5. The van der Waals surface area contributed by atoms with Gasteiger partial charge >= 0.3 is 0 Å². The molecule has 1 fully saturated rings. The summed E-state index contributed by atoms with van der Waals surface area (Å²) in [5.74, 6) is 0.0936. The highest BCUT2D eigenvalue weighted by Gasteiger charge is 2.39. The molecule has 2 heterocycles. The van der Waals surface area contributed by atoms with Crippen LogP contribution in [0.25, 0.3) is 0 Å². The third-order valence-electron chi connectivity index (χ3n) is 2.76. The molecule has 14 heavy (non-hydrogen) atoms. The zero-order chi connectivity index (χ0) is 10.2. The van der Waals surface area contributed by atoms with Crippen LogP contribution in [0.1, 0.15) is 18.2 Å². The highest BCUT2D eigenvalue weighted by molar-refractivity contribution is 7.15. The Balaban J connectivity index is 2.29. The zero-order valence-electron chi connectivity index (χ0n) is 8.06. The van der Waals surface area contributed by atoms with Crippen molar-refractivity contribution >= 4 is 16.5 Å². The number of aromatic nitrogens is 1. The standard InChI is InChI=1S/C9H14N2O2S/c1-6-5-13-3-2-9(6,12)7-4-11-8(10)14-7/h4,6,12H,2-3,5H2,1H3,(H2,10,11). The summed E-state index contributed by atoms with van der Waals surface area (Å²) in [6, 6.07) is 0. The molecule has 0 aromatic carbocycles. The van der Waals surface area contributed by atoms with Crippen molar-refractivity contribution in [1.29, 1.82) is 0 Å². The molecule has 0 amide bonds. The fourth-order valence-corrected chi connectivity index (χ4v) is 2.64. The van der Waals surface area contributed by atoms with E-state index in [2.05, 4.69) is 4.98 Å². The quantitative estimate of drug-likeness (QED) is 0.731. The molecule has 1 aliphatic rings. The van der Waals surface area contributed by atoms with Crippen molar-refractivity contribution in [2.24, 2.45) is 5.92 Å². The Kier molecular flexibility index (Phi) is 2.47. The van der Waals surface area contributed by atoms with Crippen molar-refractivity contribution < 1.29 is 9.84 Å². The third kappa shape index (κ3) is 1.51. The lowest BCUT2D eigenvalue weighted by Gasteiger charge is -2.36. The number of ether oxygens (including phenoxy) is 1. The molecule has 1 saturated heterocycles. The maximum absolute atomic E-state index is 10.5. The van der Waals surface area contributed by atoms with Crippen LogP contribution in [-0.2, 0) is 10.3 Å². The fraction of sp³-hybridized carbons (Fsp3) is 0.667. The molecule has 0 bridgehead atoms. The minimum absolute atomic E-state index is 0.0936. The highest BCUT2D eigenvalue weighted by atomic mass is 32.1. The average molecular weight is 214 g/mol. The number of thiazole rings is 1. The largest absolute Gasteiger partial charge is 0.384 e. The smallest absolute Gasteiger partial charge is 0.180 e. The van der Waals surface area contributed by atoms with E-state index in [-0.39, 0.29) is 5.92 Å². The Bertz CT molecular complexity index is 328. The minimum Gasteiger partial charge on any atom is -0.384 e. The van der Waals surface area contributed by atoms with Gasteiger partial charge in [-0.2, -0.15) is 0 Å². The van der Waals surface area contributed by atoms with Crippen molar-refractivity contribution in [3.8, 4) is 0 Å². The number of aliphatic hydroxyl groups is 1. The lowest BCUT2D eigenvalue weighted by molar-refractivity contribution is -0.109. The molecular formula is C9H14N2O2S. The summed E-state index contributed by atoms with van der Waals surface area (Å²) < 4.78 is 5.30. The molecule has 78 valence electrons. The molecule has 0 aliphatic carbocycles. The second-order valence-electron chi connectivity index (χ2n) is 3.71. The van der Waals surface area contributed by atoms with Gasteiger partial charge in [0.2, 0.25) is 0 Å². The van der Waals surface area contributed by atoms with E-state index >= 15 is 0 Å². The zero-order valence-corrected chi connectivity index (χ0v) is 8.88. The minimum atomic E-state index is -0.798. The molecule has 1 aromatic rings. The summed E-state index contributed by atoms with van der Waals surface area (Å²) >= 11 is 1.36. The molecule has 2 rings (SSSR count). The summed E-state index contributed by atoms with van der Waals surface area (Å²) in [7, 11) is 0. The van der Waals surface area contributed by atoms with Gasteiger partial charge in [-0.1, -0.05) is 18.3 Å². The van der Waals surface area contributed by atoms with E-state index in [4.69, 9.17) is 10.5 Å². The van der Waals surface area contributed by atoms with Crippen LogP contribution in [0.4, 0.5) is 5.13 Å². The molecule has 1 aliphatic heterocycles. The van der Waals surface area contributed by atoms with Crippen LogP contribution in [0.3, 0.4) is 0 Å². The van der Waals surface area contributed by atoms with Crippen LogP contribution in [0.5, 0.6) is 0 Å². The molecule has 0 spiro atoms. The highest BCUT2D eigenvalue weighted by Crippen LogP contribution is 2.39. The number of nitrogen functional groups attached to an aromatic ring is 1. The second-order valence-corrected chi connectivity index (χ2v) is 4.78. The molecule has 2 unspecified atom stereocenters. The van der Waals surface area contributed by atoms with Crippen molar-refractivity contribution in [2.75, 3.05) is 18.9 Å². The Morgan fingerprint density at radius 3 is 3.14 bits per heavy atom. The van der Waals surface area contributed by atoms with E-state index < -0.39 is 5.60 Å². The predicted octanol–water partition coefficient (Wildman–Crippen LogP) is 0.969. The lowest BCUT2D eigenvalue weighted by atomic mass is 9.84. The molecule has 4 nitrogen and oxygen atoms in total. The van der Waals surface area contributed by atoms with Gasteiger partial charge in [-0.15, -0.1) is 0 Å². The topological polar surface area (TPSA) is 68.4 Å². The SMILES string of the molecule is CC1COCCC1(O)c1cnc(N)s1. The summed E-state index contributed by atoms with van der Waals surface area (Å²) in [4.78, 5) is 4.82. The van der Waals surface area contributed by atoms with Crippen LogP contribution >= 0.6 is 11.3 Å². The van der Waals surface area contributed by atoms with E-state index in [1.54, 1.807) is 6.20 Å². The van der Waals surface area contributed by atoms with Gasteiger partial charge in [0, 0.05) is 25.1 Å². The monoisotopic (exact) mass is 214 g/mol. The third-order valence-corrected chi connectivity index (χ3v) is 3.75. The average Bonchev–Trinajstić information content (AvgIpc) is 2.58.